The van der Waals surface area contributed by atoms with Gasteiger partial charge in [0.2, 0.25) is 5.95 Å². The number of aromatic nitrogens is 4. The van der Waals surface area contributed by atoms with E-state index in [-0.39, 0.29) is 29.7 Å². The zero-order valence-corrected chi connectivity index (χ0v) is 23.3. The third kappa shape index (κ3) is 5.90. The average Bonchev–Trinajstić information content (AvgIpc) is 3.31. The maximum atomic E-state index is 14.9. The molecule has 0 unspecified atom stereocenters. The van der Waals surface area contributed by atoms with Gasteiger partial charge in [0, 0.05) is 18.5 Å². The van der Waals surface area contributed by atoms with Gasteiger partial charge in [-0.1, -0.05) is 6.92 Å². The Morgan fingerprint density at radius 2 is 1.95 bits per heavy atom. The Labute approximate surface area is 236 Å². The van der Waals surface area contributed by atoms with Gasteiger partial charge in [-0.05, 0) is 60.6 Å². The molecule has 1 aliphatic carbocycles. The molecule has 5 rings (SSSR count). The number of imidazole rings is 1. The molecule has 3 aromatic heterocycles. The zero-order chi connectivity index (χ0) is 29.3. The first-order valence-electron chi connectivity index (χ1n) is 13.1. The predicted octanol–water partition coefficient (Wildman–Crippen LogP) is 4.36. The van der Waals surface area contributed by atoms with E-state index in [4.69, 9.17) is 15.7 Å². The van der Waals surface area contributed by atoms with Crippen molar-refractivity contribution in [3.05, 3.63) is 66.1 Å². The summed E-state index contributed by atoms with van der Waals surface area (Å²) in [7, 11) is -3.80. The molecule has 0 bridgehead atoms. The fourth-order valence-corrected chi connectivity index (χ4v) is 6.08. The highest BCUT2D eigenvalue weighted by Crippen LogP contribution is 2.40. The molecule has 4 atom stereocenters. The maximum Gasteiger partial charge on any atom is 0.229 e. The van der Waals surface area contributed by atoms with Gasteiger partial charge >= 0.3 is 0 Å². The van der Waals surface area contributed by atoms with E-state index in [2.05, 4.69) is 33.4 Å². The summed E-state index contributed by atoms with van der Waals surface area (Å²) >= 11 is 0. The van der Waals surface area contributed by atoms with Crippen LogP contribution in [-0.2, 0) is 14.6 Å². The van der Waals surface area contributed by atoms with Gasteiger partial charge < -0.3 is 15.8 Å². The van der Waals surface area contributed by atoms with Crippen LogP contribution >= 0.6 is 0 Å². The Morgan fingerprint density at radius 1 is 1.20 bits per heavy atom. The number of pyridine rings is 1. The lowest BCUT2D eigenvalue weighted by molar-refractivity contribution is -0.0198. The van der Waals surface area contributed by atoms with Gasteiger partial charge in [0.15, 0.2) is 9.84 Å². The van der Waals surface area contributed by atoms with Gasteiger partial charge in [0.25, 0.3) is 0 Å². The summed E-state index contributed by atoms with van der Waals surface area (Å²) in [5.74, 6) is -1.51. The van der Waals surface area contributed by atoms with Crippen LogP contribution in [0.15, 0.2) is 53.8 Å². The Morgan fingerprint density at radius 3 is 2.63 bits per heavy atom. The summed E-state index contributed by atoms with van der Waals surface area (Å²) in [5.41, 5.74) is 8.27. The van der Waals surface area contributed by atoms with Crippen LogP contribution in [0.5, 0.6) is 0 Å². The van der Waals surface area contributed by atoms with Gasteiger partial charge in [-0.25, -0.2) is 22.2 Å². The van der Waals surface area contributed by atoms with E-state index in [9.17, 15) is 17.2 Å². The molecule has 1 fully saturated rings. The maximum absolute atomic E-state index is 14.9. The summed E-state index contributed by atoms with van der Waals surface area (Å²) in [6.45, 7) is 2.44. The second-order valence-electron chi connectivity index (χ2n) is 10.3. The molecule has 4 aromatic rings. The molecular weight excluding hydrogens is 552 g/mol. The number of hydrogen-bond acceptors (Lipinski definition) is 9. The van der Waals surface area contributed by atoms with Crippen LogP contribution in [0.25, 0.3) is 16.8 Å². The standard InChI is InChI=1S/C28H29F2N7O3S/c1-16-10-17(11-23(32)27(16)40-9-3-7-31)20-6-8-33-15-25(20)35-28-34-14-18-4-5-24(36-37(18)28)26-21(29)12-19(13-22(26)30)41(2,38)39/h4-6,8,12-17,23,27H,3,9-11,32H2,1-2H3,(H,34,35)/t16-,17+,23+,27-/m0/s1. The third-order valence-corrected chi connectivity index (χ3v) is 8.44. The van der Waals surface area contributed by atoms with Crippen molar-refractivity contribution in [3.63, 3.8) is 0 Å². The van der Waals surface area contributed by atoms with Gasteiger partial charge in [-0.15, -0.1) is 0 Å². The molecule has 1 saturated carbocycles. The molecule has 1 aliphatic rings. The van der Waals surface area contributed by atoms with Crippen LogP contribution in [0.4, 0.5) is 20.4 Å². The Kier molecular flexibility index (Phi) is 7.99. The highest BCUT2D eigenvalue weighted by Gasteiger charge is 2.35. The lowest BCUT2D eigenvalue weighted by atomic mass is 9.74. The monoisotopic (exact) mass is 581 g/mol. The van der Waals surface area contributed by atoms with Crippen LogP contribution in [0.2, 0.25) is 0 Å². The highest BCUT2D eigenvalue weighted by atomic mass is 32.2. The van der Waals surface area contributed by atoms with Crippen LogP contribution < -0.4 is 11.1 Å². The minimum Gasteiger partial charge on any atom is -0.375 e. The molecule has 13 heteroatoms. The molecule has 10 nitrogen and oxygen atoms in total. The number of nitrogens with zero attached hydrogens (tertiary/aromatic N) is 5. The summed E-state index contributed by atoms with van der Waals surface area (Å²) in [4.78, 5) is 8.22. The Hall–Kier alpha value is -3.99. The number of nitriles is 1. The van der Waals surface area contributed by atoms with Crippen LogP contribution in [0.1, 0.15) is 37.7 Å². The Bertz CT molecular complexity index is 1700. The van der Waals surface area contributed by atoms with Gasteiger partial charge in [-0.3, -0.25) is 4.98 Å². The van der Waals surface area contributed by atoms with Crippen molar-refractivity contribution in [2.24, 2.45) is 11.7 Å². The molecule has 41 heavy (non-hydrogen) atoms. The largest absolute Gasteiger partial charge is 0.375 e. The summed E-state index contributed by atoms with van der Waals surface area (Å²) in [6.07, 6.45) is 7.50. The fourth-order valence-electron chi connectivity index (χ4n) is 5.44. The lowest BCUT2D eigenvalue weighted by Crippen LogP contribution is -2.46. The first-order chi connectivity index (χ1) is 19.6. The van der Waals surface area contributed by atoms with Crippen LogP contribution in [-0.4, -0.2) is 53.0 Å². The van der Waals surface area contributed by atoms with Gasteiger partial charge in [0.05, 0.1) is 65.0 Å². The van der Waals surface area contributed by atoms with E-state index >= 15 is 0 Å². The third-order valence-electron chi connectivity index (χ3n) is 7.34. The SMILES string of the molecule is C[C@H]1C[C@@H](c2ccncc2Nc2ncc3ccc(-c4c(F)cc(S(C)(=O)=O)cc4F)nn23)C[C@@H](N)[C@H]1OCCC#N. The fraction of sp³-hybridized carbons (Fsp3) is 0.357. The quantitative estimate of drug-likeness (QED) is 0.290. The molecule has 3 N–H and O–H groups in total. The van der Waals surface area contributed by atoms with Crippen molar-refractivity contribution < 1.29 is 21.9 Å². The van der Waals surface area contributed by atoms with Gasteiger partial charge in [0.1, 0.15) is 11.6 Å². The minimum absolute atomic E-state index is 0.0328. The van der Waals surface area contributed by atoms with E-state index in [1.165, 1.54) is 10.6 Å². The molecular formula is C28H29F2N7O3S. The second-order valence-corrected chi connectivity index (χ2v) is 12.3. The minimum atomic E-state index is -3.80. The Balaban J connectivity index is 1.44. The van der Waals surface area contributed by atoms with E-state index in [1.54, 1.807) is 24.7 Å². The predicted molar refractivity (Wildman–Crippen MR) is 148 cm³/mol. The molecule has 0 amide bonds. The number of benzene rings is 1. The molecule has 3 heterocycles. The number of anilines is 2. The van der Waals surface area contributed by atoms with Crippen molar-refractivity contribution in [3.8, 4) is 17.3 Å². The van der Waals surface area contributed by atoms with Crippen molar-refractivity contribution in [2.45, 2.75) is 49.1 Å². The van der Waals surface area contributed by atoms with E-state index < -0.39 is 31.9 Å². The normalized spacial score (nSPS) is 21.1. The second kappa shape index (κ2) is 11.5. The zero-order valence-electron chi connectivity index (χ0n) is 22.5. The molecule has 0 saturated heterocycles. The van der Waals surface area contributed by atoms with Crippen LogP contribution in [0.3, 0.4) is 0 Å². The number of halogens is 2. The number of fused-ring (bicyclic) bond motifs is 1. The smallest absolute Gasteiger partial charge is 0.229 e. The first kappa shape index (κ1) is 28.5. The topological polar surface area (TPSA) is 148 Å². The first-order valence-corrected chi connectivity index (χ1v) is 14.9. The number of rotatable bonds is 8. The lowest BCUT2D eigenvalue weighted by Gasteiger charge is -2.39. The average molecular weight is 582 g/mol. The van der Waals surface area contributed by atoms with Gasteiger partial charge in [-0.2, -0.15) is 14.9 Å². The van der Waals surface area contributed by atoms with Crippen molar-refractivity contribution in [1.29, 1.82) is 5.26 Å². The van der Waals surface area contributed by atoms with Crippen molar-refractivity contribution >= 4 is 27.0 Å². The molecule has 0 radical (unpaired) electrons. The molecule has 0 spiro atoms. The molecule has 214 valence electrons. The molecule has 1 aromatic carbocycles. The number of sulfone groups is 1. The van der Waals surface area contributed by atoms with Crippen LogP contribution in [0, 0.1) is 28.9 Å². The van der Waals surface area contributed by atoms with E-state index in [0.29, 0.717) is 36.6 Å². The number of hydrogen-bond donors (Lipinski definition) is 2. The van der Waals surface area contributed by atoms with E-state index in [1.807, 2.05) is 6.07 Å². The summed E-state index contributed by atoms with van der Waals surface area (Å²) < 4.78 is 60.7. The highest BCUT2D eigenvalue weighted by molar-refractivity contribution is 7.90. The van der Waals surface area contributed by atoms with E-state index in [0.717, 1.165) is 30.4 Å². The molecule has 0 aliphatic heterocycles. The van der Waals surface area contributed by atoms with Crippen molar-refractivity contribution in [2.75, 3.05) is 18.2 Å². The van der Waals surface area contributed by atoms with Crippen molar-refractivity contribution in [1.82, 2.24) is 19.6 Å². The number of nitrogens with one attached hydrogen (secondary N) is 1. The summed E-state index contributed by atoms with van der Waals surface area (Å²) in [6, 6.07) is 8.42. The number of ether oxygens (including phenoxy) is 1. The summed E-state index contributed by atoms with van der Waals surface area (Å²) in [5, 5.41) is 16.5. The number of nitrogens with two attached hydrogens (primary N) is 1.